The number of alkyl halides is 1. The molecule has 0 radical (unpaired) electrons. The fraction of sp³-hybridized carbons (Fsp3) is 0.304. The number of carboxylic acid groups (broad SMARTS) is 1. The fourth-order valence-corrected chi connectivity index (χ4v) is 4.28. The van der Waals surface area contributed by atoms with E-state index in [-0.39, 0.29) is 12.4 Å². The van der Waals surface area contributed by atoms with Crippen LogP contribution in [0.15, 0.2) is 42.6 Å². The molecule has 162 valence electrons. The lowest BCUT2D eigenvalue weighted by Gasteiger charge is -2.28. The number of methoxy groups -OCH3 is 1. The first-order valence-electron chi connectivity index (χ1n) is 9.85. The van der Waals surface area contributed by atoms with Crippen LogP contribution in [-0.4, -0.2) is 39.6 Å². The molecule has 2 heterocycles. The van der Waals surface area contributed by atoms with Gasteiger partial charge in [-0.25, -0.2) is 8.78 Å². The number of rotatable bonds is 7. The number of fused-ring (bicyclic) bond motifs is 2. The molecule has 1 atom stereocenters. The van der Waals surface area contributed by atoms with Crippen LogP contribution in [-0.2, 0) is 14.9 Å². The van der Waals surface area contributed by atoms with Crippen molar-refractivity contribution in [3.63, 3.8) is 0 Å². The van der Waals surface area contributed by atoms with Crippen LogP contribution in [0, 0.1) is 5.82 Å². The van der Waals surface area contributed by atoms with Crippen molar-refractivity contribution in [1.82, 2.24) is 14.8 Å². The van der Waals surface area contributed by atoms with Gasteiger partial charge in [0.2, 0.25) is 0 Å². The van der Waals surface area contributed by atoms with Gasteiger partial charge in [0.05, 0.1) is 30.3 Å². The quantitative estimate of drug-likeness (QED) is 0.432. The van der Waals surface area contributed by atoms with E-state index in [4.69, 9.17) is 4.74 Å². The fourth-order valence-electron chi connectivity index (χ4n) is 4.28. The van der Waals surface area contributed by atoms with Gasteiger partial charge < -0.3 is 14.4 Å². The number of carboxylic acids is 1. The number of hydrogen-bond acceptors (Lipinski definition) is 3. The second-order valence-corrected chi connectivity index (χ2v) is 8.28. The molecule has 2 N–H and O–H groups in total. The maximum Gasteiger partial charge on any atom is 0.306 e. The Hall–Kier alpha value is -3.26. The number of benzene rings is 2. The van der Waals surface area contributed by atoms with Gasteiger partial charge in [-0.2, -0.15) is 5.10 Å². The summed E-state index contributed by atoms with van der Waals surface area (Å²) in [6, 6.07) is 9.58. The summed E-state index contributed by atoms with van der Waals surface area (Å²) in [5.74, 6) is -1.61. The van der Waals surface area contributed by atoms with Gasteiger partial charge in [-0.15, -0.1) is 0 Å². The molecule has 4 rings (SSSR count). The van der Waals surface area contributed by atoms with Crippen molar-refractivity contribution in [1.29, 1.82) is 0 Å². The Labute approximate surface area is 177 Å². The van der Waals surface area contributed by atoms with Gasteiger partial charge in [0.1, 0.15) is 12.0 Å². The van der Waals surface area contributed by atoms with Crippen LogP contribution in [0.1, 0.15) is 37.7 Å². The number of carbonyl (C=O) groups is 1. The zero-order valence-corrected chi connectivity index (χ0v) is 17.4. The van der Waals surface area contributed by atoms with E-state index in [0.29, 0.717) is 33.4 Å². The predicted octanol–water partition coefficient (Wildman–Crippen LogP) is 5.06. The van der Waals surface area contributed by atoms with E-state index < -0.39 is 24.0 Å². The predicted molar refractivity (Wildman–Crippen MR) is 114 cm³/mol. The molecule has 31 heavy (non-hydrogen) atoms. The number of aliphatic carboxylic acids is 1. The lowest BCUT2D eigenvalue weighted by Crippen LogP contribution is -2.28. The summed E-state index contributed by atoms with van der Waals surface area (Å²) in [6.45, 7) is 4.10. The number of hydrogen-bond donors (Lipinski definition) is 2. The molecule has 2 aromatic carbocycles. The summed E-state index contributed by atoms with van der Waals surface area (Å²) in [6.07, 6.45) is -0.742. The summed E-state index contributed by atoms with van der Waals surface area (Å²) in [7, 11) is 1.56. The van der Waals surface area contributed by atoms with Crippen molar-refractivity contribution in [2.45, 2.75) is 31.9 Å². The Balaban J connectivity index is 2.15. The zero-order chi connectivity index (χ0) is 22.3. The molecule has 0 amide bonds. The van der Waals surface area contributed by atoms with E-state index in [1.54, 1.807) is 31.5 Å². The van der Waals surface area contributed by atoms with Crippen LogP contribution in [0.4, 0.5) is 8.78 Å². The maximum atomic E-state index is 15.5. The van der Waals surface area contributed by atoms with Gasteiger partial charge in [-0.3, -0.25) is 9.89 Å². The Kier molecular flexibility index (Phi) is 5.26. The van der Waals surface area contributed by atoms with E-state index in [9.17, 15) is 14.3 Å². The molecule has 0 spiro atoms. The van der Waals surface area contributed by atoms with Crippen LogP contribution in [0.5, 0.6) is 0 Å². The second-order valence-electron chi connectivity index (χ2n) is 8.28. The molecular weight excluding hydrogens is 404 g/mol. The number of nitrogens with one attached hydrogen (secondary N) is 1. The van der Waals surface area contributed by atoms with E-state index in [1.807, 2.05) is 24.5 Å². The number of aromatic amines is 1. The van der Waals surface area contributed by atoms with Crippen molar-refractivity contribution < 1.29 is 23.4 Å². The minimum atomic E-state index is -1.74. The molecule has 0 unspecified atom stereocenters. The summed E-state index contributed by atoms with van der Waals surface area (Å²) >= 11 is 0. The highest BCUT2D eigenvalue weighted by Gasteiger charge is 2.35. The van der Waals surface area contributed by atoms with Crippen LogP contribution < -0.4 is 0 Å². The average Bonchev–Trinajstić information content (AvgIpc) is 3.28. The molecule has 2 aromatic heterocycles. The molecule has 0 aliphatic carbocycles. The molecule has 6 nitrogen and oxygen atoms in total. The van der Waals surface area contributed by atoms with E-state index in [2.05, 4.69) is 10.2 Å². The molecule has 0 saturated carbocycles. The first kappa shape index (κ1) is 21.0. The van der Waals surface area contributed by atoms with Gasteiger partial charge in [0.25, 0.3) is 0 Å². The maximum absolute atomic E-state index is 15.5. The highest BCUT2D eigenvalue weighted by Crippen LogP contribution is 2.43. The third-order valence-electron chi connectivity index (χ3n) is 5.46. The number of halogens is 2. The van der Waals surface area contributed by atoms with Crippen molar-refractivity contribution in [3.8, 4) is 5.69 Å². The first-order valence-corrected chi connectivity index (χ1v) is 9.85. The molecule has 0 bridgehead atoms. The van der Waals surface area contributed by atoms with Crippen molar-refractivity contribution in [3.05, 3.63) is 59.7 Å². The lowest BCUT2D eigenvalue weighted by atomic mass is 9.85. The molecule has 8 heteroatoms. The van der Waals surface area contributed by atoms with Crippen molar-refractivity contribution in [2.24, 2.45) is 0 Å². The van der Waals surface area contributed by atoms with E-state index in [0.717, 1.165) is 5.39 Å². The number of H-pyrrole nitrogens is 1. The molecule has 0 fully saturated rings. The first-order chi connectivity index (χ1) is 14.7. The minimum Gasteiger partial charge on any atom is -0.481 e. The summed E-state index contributed by atoms with van der Waals surface area (Å²) in [4.78, 5) is 11.4. The van der Waals surface area contributed by atoms with Gasteiger partial charge in [0.15, 0.2) is 0 Å². The molecule has 0 aliphatic heterocycles. The standard InChI is InChI=1S/C23H23F2N3O3/c1-23(2,12-31-3)22-21(17(25)10-20(29)30)16-9-18-13(11-26-27-18)8-19(16)28(22)15-6-4-14(24)5-7-15/h4-9,11,17H,10,12H2,1-3H3,(H,26,27)(H,29,30)/t17-/m1/s1. The topological polar surface area (TPSA) is 80.1 Å². The number of ether oxygens (including phenoxy) is 1. The number of aromatic nitrogens is 3. The van der Waals surface area contributed by atoms with Gasteiger partial charge in [-0.05, 0) is 36.4 Å². The van der Waals surface area contributed by atoms with Crippen LogP contribution in [0.2, 0.25) is 0 Å². The van der Waals surface area contributed by atoms with Gasteiger partial charge >= 0.3 is 5.97 Å². The van der Waals surface area contributed by atoms with Crippen LogP contribution in [0.3, 0.4) is 0 Å². The SMILES string of the molecule is COCC(C)(C)c1c([C@H](F)CC(=O)O)c2cc3[nH]ncc3cc2n1-c1ccc(F)cc1. The summed E-state index contributed by atoms with van der Waals surface area (Å²) < 4.78 is 36.5. The van der Waals surface area contributed by atoms with Crippen LogP contribution >= 0.6 is 0 Å². The minimum absolute atomic E-state index is 0.275. The Morgan fingerprint density at radius 3 is 2.65 bits per heavy atom. The van der Waals surface area contributed by atoms with Crippen molar-refractivity contribution >= 4 is 27.8 Å². The van der Waals surface area contributed by atoms with Crippen LogP contribution in [0.25, 0.3) is 27.5 Å². The van der Waals surface area contributed by atoms with Gasteiger partial charge in [0, 0.05) is 40.2 Å². The Morgan fingerprint density at radius 1 is 1.29 bits per heavy atom. The smallest absolute Gasteiger partial charge is 0.306 e. The second kappa shape index (κ2) is 7.77. The van der Waals surface area contributed by atoms with E-state index in [1.165, 1.54) is 12.1 Å². The largest absolute Gasteiger partial charge is 0.481 e. The Bertz CT molecular complexity index is 1260. The molecule has 4 aromatic rings. The normalized spacial score (nSPS) is 13.2. The van der Waals surface area contributed by atoms with E-state index >= 15 is 4.39 Å². The highest BCUT2D eigenvalue weighted by atomic mass is 19.1. The number of nitrogens with zero attached hydrogens (tertiary/aromatic N) is 2. The third-order valence-corrected chi connectivity index (χ3v) is 5.46. The molecule has 0 aliphatic rings. The highest BCUT2D eigenvalue weighted by molar-refractivity contribution is 5.99. The lowest BCUT2D eigenvalue weighted by molar-refractivity contribution is -0.138. The average molecular weight is 427 g/mol. The zero-order valence-electron chi connectivity index (χ0n) is 17.4. The molecule has 0 saturated heterocycles. The summed E-state index contributed by atoms with van der Waals surface area (Å²) in [5, 5.41) is 17.6. The third kappa shape index (κ3) is 3.67. The monoisotopic (exact) mass is 427 g/mol. The van der Waals surface area contributed by atoms with Crippen molar-refractivity contribution in [2.75, 3.05) is 13.7 Å². The molecular formula is C23H23F2N3O3. The Morgan fingerprint density at radius 2 is 2.00 bits per heavy atom. The van der Waals surface area contributed by atoms with Gasteiger partial charge in [-0.1, -0.05) is 13.8 Å². The summed E-state index contributed by atoms with van der Waals surface area (Å²) in [5.41, 5.74) is 2.24.